The van der Waals surface area contributed by atoms with Gasteiger partial charge in [-0.05, 0) is 43.5 Å². The average molecular weight is 377 g/mol. The third kappa shape index (κ3) is 8.28. The van der Waals surface area contributed by atoms with Crippen LogP contribution in [-0.4, -0.2) is 82.2 Å². The van der Waals surface area contributed by atoms with Crippen molar-refractivity contribution in [2.75, 3.05) is 72.4 Å². The molecule has 2 aliphatic heterocycles. The Morgan fingerprint density at radius 2 is 1.30 bits per heavy atom. The molecular weight excluding hydrogens is 340 g/mol. The van der Waals surface area contributed by atoms with E-state index in [1.807, 2.05) is 0 Å². The lowest BCUT2D eigenvalue weighted by Gasteiger charge is -2.26. The van der Waals surface area contributed by atoms with Gasteiger partial charge >= 0.3 is 0 Å². The highest BCUT2D eigenvalue weighted by Crippen LogP contribution is 2.13. The molecular formula is C22H36N2O3. The van der Waals surface area contributed by atoms with E-state index in [1.165, 1.54) is 50.0 Å². The van der Waals surface area contributed by atoms with E-state index >= 15 is 0 Å². The van der Waals surface area contributed by atoms with Crippen molar-refractivity contribution in [3.63, 3.8) is 0 Å². The van der Waals surface area contributed by atoms with Crippen LogP contribution in [0.3, 0.4) is 0 Å². The Morgan fingerprint density at radius 1 is 0.667 bits per heavy atom. The summed E-state index contributed by atoms with van der Waals surface area (Å²) in [7, 11) is 0. The van der Waals surface area contributed by atoms with E-state index in [0.717, 1.165) is 39.3 Å². The second kappa shape index (κ2) is 12.5. The quantitative estimate of drug-likeness (QED) is 0.789. The van der Waals surface area contributed by atoms with Gasteiger partial charge in [0.25, 0.3) is 0 Å². The monoisotopic (exact) mass is 376 g/mol. The first-order valence-corrected chi connectivity index (χ1v) is 10.7. The zero-order chi connectivity index (χ0) is 18.6. The van der Waals surface area contributed by atoms with E-state index in [1.54, 1.807) is 0 Å². The molecule has 2 aliphatic rings. The molecule has 0 aliphatic carbocycles. The SMILES string of the molecule is c1cc(CCN2CCCCC2)cc(CN2CCOCCOCCOCC2)c1. The van der Waals surface area contributed by atoms with Gasteiger partial charge in [0.15, 0.2) is 0 Å². The molecule has 5 heteroatoms. The minimum atomic E-state index is 0.655. The summed E-state index contributed by atoms with van der Waals surface area (Å²) >= 11 is 0. The highest BCUT2D eigenvalue weighted by Gasteiger charge is 2.11. The first-order valence-electron chi connectivity index (χ1n) is 10.7. The van der Waals surface area contributed by atoms with Crippen LogP contribution in [0.15, 0.2) is 24.3 Å². The van der Waals surface area contributed by atoms with Crippen LogP contribution in [0, 0.1) is 0 Å². The van der Waals surface area contributed by atoms with Crippen molar-refractivity contribution in [3.8, 4) is 0 Å². The Bertz CT molecular complexity index is 508. The number of benzene rings is 1. The summed E-state index contributed by atoms with van der Waals surface area (Å²) < 4.78 is 16.8. The van der Waals surface area contributed by atoms with Crippen LogP contribution in [0.2, 0.25) is 0 Å². The van der Waals surface area contributed by atoms with E-state index in [-0.39, 0.29) is 0 Å². The van der Waals surface area contributed by atoms with Crippen molar-refractivity contribution in [2.24, 2.45) is 0 Å². The van der Waals surface area contributed by atoms with Gasteiger partial charge in [0.2, 0.25) is 0 Å². The maximum absolute atomic E-state index is 5.69. The number of hydrogen-bond acceptors (Lipinski definition) is 5. The summed E-state index contributed by atoms with van der Waals surface area (Å²) in [6, 6.07) is 9.11. The molecule has 0 saturated carbocycles. The molecule has 3 rings (SSSR count). The van der Waals surface area contributed by atoms with Crippen molar-refractivity contribution in [1.29, 1.82) is 0 Å². The molecule has 2 saturated heterocycles. The summed E-state index contributed by atoms with van der Waals surface area (Å²) in [4.78, 5) is 5.05. The van der Waals surface area contributed by atoms with E-state index in [4.69, 9.17) is 14.2 Å². The predicted molar refractivity (Wildman–Crippen MR) is 108 cm³/mol. The number of nitrogens with zero attached hydrogens (tertiary/aromatic N) is 2. The zero-order valence-electron chi connectivity index (χ0n) is 16.7. The first kappa shape index (κ1) is 20.7. The molecule has 0 unspecified atom stereocenters. The van der Waals surface area contributed by atoms with Gasteiger partial charge in [-0.3, -0.25) is 4.90 Å². The fraction of sp³-hybridized carbons (Fsp3) is 0.727. The largest absolute Gasteiger partial charge is 0.378 e. The molecule has 0 bridgehead atoms. The minimum Gasteiger partial charge on any atom is -0.378 e. The Kier molecular flexibility index (Phi) is 9.58. The molecule has 152 valence electrons. The number of rotatable bonds is 5. The van der Waals surface area contributed by atoms with Gasteiger partial charge in [-0.25, -0.2) is 0 Å². The van der Waals surface area contributed by atoms with Crippen LogP contribution in [0.1, 0.15) is 30.4 Å². The maximum Gasteiger partial charge on any atom is 0.0701 e. The summed E-state index contributed by atoms with van der Waals surface area (Å²) in [5.41, 5.74) is 2.85. The molecule has 1 aromatic rings. The van der Waals surface area contributed by atoms with Crippen molar-refractivity contribution >= 4 is 0 Å². The highest BCUT2D eigenvalue weighted by atomic mass is 16.5. The Labute approximate surface area is 164 Å². The van der Waals surface area contributed by atoms with E-state index in [0.29, 0.717) is 26.4 Å². The minimum absolute atomic E-state index is 0.655. The Morgan fingerprint density at radius 3 is 2.00 bits per heavy atom. The van der Waals surface area contributed by atoms with Crippen LogP contribution >= 0.6 is 0 Å². The molecule has 2 fully saturated rings. The summed E-state index contributed by atoms with van der Waals surface area (Å²) in [6.07, 6.45) is 5.29. The fourth-order valence-electron chi connectivity index (χ4n) is 3.81. The van der Waals surface area contributed by atoms with Gasteiger partial charge in [0.1, 0.15) is 0 Å². The molecule has 27 heavy (non-hydrogen) atoms. The molecule has 0 N–H and O–H groups in total. The summed E-state index contributed by atoms with van der Waals surface area (Å²) in [6.45, 7) is 10.7. The van der Waals surface area contributed by atoms with Gasteiger partial charge in [0.05, 0.1) is 39.6 Å². The van der Waals surface area contributed by atoms with Crippen molar-refractivity contribution in [3.05, 3.63) is 35.4 Å². The lowest BCUT2D eigenvalue weighted by molar-refractivity contribution is -0.00689. The lowest BCUT2D eigenvalue weighted by Crippen LogP contribution is -2.32. The smallest absolute Gasteiger partial charge is 0.0701 e. The topological polar surface area (TPSA) is 34.2 Å². The molecule has 0 aromatic heterocycles. The van der Waals surface area contributed by atoms with E-state index in [9.17, 15) is 0 Å². The van der Waals surface area contributed by atoms with E-state index < -0.39 is 0 Å². The van der Waals surface area contributed by atoms with Crippen molar-refractivity contribution in [1.82, 2.24) is 9.80 Å². The van der Waals surface area contributed by atoms with Gasteiger partial charge in [-0.15, -0.1) is 0 Å². The number of piperidine rings is 1. The molecule has 0 spiro atoms. The first-order chi connectivity index (χ1) is 13.4. The predicted octanol–water partition coefficient (Wildman–Crippen LogP) is 2.58. The molecule has 0 atom stereocenters. The second-order valence-corrected chi connectivity index (χ2v) is 7.59. The van der Waals surface area contributed by atoms with Gasteiger partial charge < -0.3 is 19.1 Å². The third-order valence-electron chi connectivity index (χ3n) is 5.41. The lowest BCUT2D eigenvalue weighted by atomic mass is 10.1. The number of likely N-dealkylation sites (tertiary alicyclic amines) is 1. The Balaban J connectivity index is 1.48. The zero-order valence-corrected chi connectivity index (χ0v) is 16.7. The van der Waals surface area contributed by atoms with Crippen LogP contribution < -0.4 is 0 Å². The van der Waals surface area contributed by atoms with Gasteiger partial charge in [-0.1, -0.05) is 30.7 Å². The highest BCUT2D eigenvalue weighted by molar-refractivity contribution is 5.23. The van der Waals surface area contributed by atoms with Gasteiger partial charge in [-0.2, -0.15) is 0 Å². The van der Waals surface area contributed by atoms with Gasteiger partial charge in [0, 0.05) is 26.2 Å². The molecule has 0 amide bonds. The third-order valence-corrected chi connectivity index (χ3v) is 5.41. The molecule has 2 heterocycles. The molecule has 1 aromatic carbocycles. The second-order valence-electron chi connectivity index (χ2n) is 7.59. The van der Waals surface area contributed by atoms with Crippen LogP contribution in [0.25, 0.3) is 0 Å². The van der Waals surface area contributed by atoms with Crippen molar-refractivity contribution in [2.45, 2.75) is 32.2 Å². The van der Waals surface area contributed by atoms with Crippen LogP contribution in [0.4, 0.5) is 0 Å². The summed E-state index contributed by atoms with van der Waals surface area (Å²) in [5, 5.41) is 0. The average Bonchev–Trinajstić information content (AvgIpc) is 2.70. The fourth-order valence-corrected chi connectivity index (χ4v) is 3.81. The standard InChI is InChI=1S/C22H36N2O3/c1-2-8-23(9-3-1)10-7-21-5-4-6-22(19-21)20-24-11-13-25-15-17-27-18-16-26-14-12-24/h4-6,19H,1-3,7-18,20H2. The number of ether oxygens (including phenoxy) is 3. The molecule has 0 radical (unpaired) electrons. The summed E-state index contributed by atoms with van der Waals surface area (Å²) in [5.74, 6) is 0. The Hall–Kier alpha value is -0.980. The number of hydrogen-bond donors (Lipinski definition) is 0. The van der Waals surface area contributed by atoms with E-state index in [2.05, 4.69) is 34.1 Å². The normalized spacial score (nSPS) is 22.1. The van der Waals surface area contributed by atoms with Crippen LogP contribution in [0.5, 0.6) is 0 Å². The van der Waals surface area contributed by atoms with Crippen molar-refractivity contribution < 1.29 is 14.2 Å². The maximum atomic E-state index is 5.69. The van der Waals surface area contributed by atoms with Crippen LogP contribution in [-0.2, 0) is 27.2 Å². The molecule has 5 nitrogen and oxygen atoms in total.